The molecule has 0 rings (SSSR count). The van der Waals surface area contributed by atoms with E-state index in [4.69, 9.17) is 5.41 Å². The Bertz CT molecular complexity index is 35.2. The first-order valence-electron chi connectivity index (χ1n) is 1.71. The number of nitrogens with one attached hydrogen (secondary N) is 1. The maximum absolute atomic E-state index is 5.50. The van der Waals surface area contributed by atoms with Gasteiger partial charge in [0, 0.05) is 0 Å². The van der Waals surface area contributed by atoms with Crippen molar-refractivity contribution in [2.24, 2.45) is 0 Å². The molecule has 0 aromatic carbocycles. The fourth-order valence-corrected chi connectivity index (χ4v) is 0. The second-order valence-corrected chi connectivity index (χ2v) is 1.21. The van der Waals surface area contributed by atoms with Gasteiger partial charge in [0.25, 0.3) is 0 Å². The lowest BCUT2D eigenvalue weighted by Crippen LogP contribution is -1.43. The van der Waals surface area contributed by atoms with Crippen LogP contribution in [-0.4, -0.2) is 6.72 Å². The summed E-state index contributed by atoms with van der Waals surface area (Å²) in [5, 5.41) is 5.50. The molecule has 0 aliphatic heterocycles. The van der Waals surface area contributed by atoms with E-state index in [-0.39, 0.29) is 0 Å². The van der Waals surface area contributed by atoms with E-state index in [1.807, 2.05) is 13.8 Å². The molecule has 0 heterocycles. The normalized spacial score (nSPS) is 5.00. The monoisotopic (exact) mass is 85.1 g/mol. The molecule has 0 saturated heterocycles. The second-order valence-electron chi connectivity index (χ2n) is 1.21. The first kappa shape index (κ1) is 9.05. The van der Waals surface area contributed by atoms with Gasteiger partial charge in [-0.1, -0.05) is 5.57 Å². The topological polar surface area (TPSA) is 23.9 Å². The smallest absolute Gasteiger partial charge is 0.0187 e. The molecule has 0 aromatic rings. The lowest BCUT2D eigenvalue weighted by atomic mass is 10.4. The zero-order chi connectivity index (χ0) is 5.58. The molecule has 36 valence electrons. The summed E-state index contributed by atoms with van der Waals surface area (Å²) in [7, 11) is 0. The van der Waals surface area contributed by atoms with Crippen molar-refractivity contribution in [1.29, 1.82) is 5.41 Å². The fourth-order valence-electron chi connectivity index (χ4n) is 0. The van der Waals surface area contributed by atoms with Gasteiger partial charge in [-0.2, -0.15) is 0 Å². The van der Waals surface area contributed by atoms with Gasteiger partial charge in [0.15, 0.2) is 0 Å². The van der Waals surface area contributed by atoms with E-state index < -0.39 is 0 Å². The lowest BCUT2D eigenvalue weighted by Gasteiger charge is -1.65. The van der Waals surface area contributed by atoms with Crippen molar-refractivity contribution in [3.8, 4) is 0 Å². The molecule has 0 radical (unpaired) electrons. The minimum Gasteiger partial charge on any atom is -0.317 e. The summed E-state index contributed by atoms with van der Waals surface area (Å²) in [4.78, 5) is 0. The molecule has 0 saturated carbocycles. The Kier molecular flexibility index (Phi) is 13.3. The van der Waals surface area contributed by atoms with Crippen molar-refractivity contribution in [2.45, 2.75) is 13.8 Å². The highest BCUT2D eigenvalue weighted by molar-refractivity contribution is 5.15. The molecular weight excluding hydrogens is 74.1 g/mol. The van der Waals surface area contributed by atoms with Crippen LogP contribution in [0.25, 0.3) is 0 Å². The van der Waals surface area contributed by atoms with Crippen LogP contribution in [0.4, 0.5) is 0 Å². The number of rotatable bonds is 0. The average Bonchev–Trinajstić information content (AvgIpc) is 1.41. The quantitative estimate of drug-likeness (QED) is 0.343. The zero-order valence-electron chi connectivity index (χ0n) is 4.41. The average molecular weight is 85.1 g/mol. The van der Waals surface area contributed by atoms with Crippen LogP contribution in [0.2, 0.25) is 0 Å². The summed E-state index contributed by atoms with van der Waals surface area (Å²) in [5.41, 5.74) is 1.17. The molecule has 6 heavy (non-hydrogen) atoms. The first-order valence-corrected chi connectivity index (χ1v) is 1.71. The summed E-state index contributed by atoms with van der Waals surface area (Å²) in [6.45, 7) is 10.0. The molecule has 0 atom stereocenters. The van der Waals surface area contributed by atoms with E-state index in [0.717, 1.165) is 0 Å². The Labute approximate surface area is 39.2 Å². The van der Waals surface area contributed by atoms with Gasteiger partial charge in [0.1, 0.15) is 0 Å². The van der Waals surface area contributed by atoms with E-state index >= 15 is 0 Å². The van der Waals surface area contributed by atoms with Crippen LogP contribution in [0, 0.1) is 5.41 Å². The van der Waals surface area contributed by atoms with Crippen LogP contribution in [-0.2, 0) is 0 Å². The Balaban J connectivity index is 0. The number of hydrogen-bond donors (Lipinski definition) is 1. The van der Waals surface area contributed by atoms with Crippen LogP contribution in [0.3, 0.4) is 0 Å². The predicted octanol–water partition coefficient (Wildman–Crippen LogP) is 1.85. The number of hydrogen-bond acceptors (Lipinski definition) is 1. The molecule has 0 aliphatic rings. The van der Waals surface area contributed by atoms with Crippen LogP contribution < -0.4 is 0 Å². The Morgan fingerprint density at radius 1 is 1.33 bits per heavy atom. The summed E-state index contributed by atoms with van der Waals surface area (Å²) < 4.78 is 0. The van der Waals surface area contributed by atoms with Gasteiger partial charge in [-0.3, -0.25) is 0 Å². The van der Waals surface area contributed by atoms with Crippen molar-refractivity contribution in [3.05, 3.63) is 12.2 Å². The van der Waals surface area contributed by atoms with Crippen LogP contribution in [0.1, 0.15) is 13.8 Å². The minimum atomic E-state index is 1.17. The second kappa shape index (κ2) is 8.83. The molecule has 1 nitrogen and oxygen atoms in total. The molecule has 1 heteroatoms. The third-order valence-corrected chi connectivity index (χ3v) is 0. The van der Waals surface area contributed by atoms with Crippen molar-refractivity contribution < 1.29 is 0 Å². The van der Waals surface area contributed by atoms with Gasteiger partial charge in [-0.25, -0.2) is 0 Å². The van der Waals surface area contributed by atoms with Gasteiger partial charge < -0.3 is 5.41 Å². The molecule has 0 bridgehead atoms. The van der Waals surface area contributed by atoms with Crippen molar-refractivity contribution in [2.75, 3.05) is 0 Å². The highest BCUT2D eigenvalue weighted by Gasteiger charge is 1.51. The highest BCUT2D eigenvalue weighted by atomic mass is 14.2. The first-order chi connectivity index (χ1) is 2.73. The summed E-state index contributed by atoms with van der Waals surface area (Å²) in [5.74, 6) is 0. The largest absolute Gasteiger partial charge is 0.317 e. The van der Waals surface area contributed by atoms with Gasteiger partial charge in [0.05, 0.1) is 0 Å². The summed E-state index contributed by atoms with van der Waals surface area (Å²) >= 11 is 0. The van der Waals surface area contributed by atoms with E-state index in [0.29, 0.717) is 0 Å². The van der Waals surface area contributed by atoms with Gasteiger partial charge in [-0.15, -0.1) is 6.58 Å². The molecule has 0 unspecified atom stereocenters. The van der Waals surface area contributed by atoms with Crippen LogP contribution >= 0.6 is 0 Å². The van der Waals surface area contributed by atoms with E-state index in [2.05, 4.69) is 13.3 Å². The molecule has 0 aromatic heterocycles. The number of allylic oxidation sites excluding steroid dienone is 1. The van der Waals surface area contributed by atoms with Crippen LogP contribution in [0.15, 0.2) is 12.2 Å². The van der Waals surface area contributed by atoms with E-state index in [9.17, 15) is 0 Å². The molecule has 1 N–H and O–H groups in total. The predicted molar refractivity (Wildman–Crippen MR) is 30.3 cm³/mol. The molecule has 0 fully saturated rings. The third-order valence-electron chi connectivity index (χ3n) is 0. The minimum absolute atomic E-state index is 1.17. The van der Waals surface area contributed by atoms with Crippen molar-refractivity contribution >= 4 is 6.72 Å². The SMILES string of the molecule is C=C(C)C.C=N. The van der Waals surface area contributed by atoms with E-state index in [1.165, 1.54) is 5.57 Å². The standard InChI is InChI=1S/C4H8.CH3N/c1-4(2)3;1-2/h1H2,2-3H3;2H,1H2. The van der Waals surface area contributed by atoms with Gasteiger partial charge in [0.2, 0.25) is 0 Å². The molecular formula is C5H11N. The van der Waals surface area contributed by atoms with Gasteiger partial charge in [-0.05, 0) is 20.6 Å². The van der Waals surface area contributed by atoms with Crippen molar-refractivity contribution in [1.82, 2.24) is 0 Å². The summed E-state index contributed by atoms with van der Waals surface area (Å²) in [6, 6.07) is 0. The lowest BCUT2D eigenvalue weighted by molar-refractivity contribution is 1.42. The van der Waals surface area contributed by atoms with Crippen molar-refractivity contribution in [3.63, 3.8) is 0 Å². The fraction of sp³-hybridized carbons (Fsp3) is 0.400. The Morgan fingerprint density at radius 2 is 1.33 bits per heavy atom. The van der Waals surface area contributed by atoms with E-state index in [1.54, 1.807) is 0 Å². The maximum atomic E-state index is 5.50. The van der Waals surface area contributed by atoms with Crippen LogP contribution in [0.5, 0.6) is 0 Å². The molecule has 0 aliphatic carbocycles. The molecule has 0 amide bonds. The zero-order valence-corrected chi connectivity index (χ0v) is 4.41. The summed E-state index contributed by atoms with van der Waals surface area (Å²) in [6.07, 6.45) is 0. The third kappa shape index (κ3) is 56.9. The Morgan fingerprint density at radius 3 is 1.33 bits per heavy atom. The highest BCUT2D eigenvalue weighted by Crippen LogP contribution is 1.73. The Hall–Kier alpha value is -0.590. The van der Waals surface area contributed by atoms with Gasteiger partial charge >= 0.3 is 0 Å². The molecule has 0 spiro atoms. The maximum Gasteiger partial charge on any atom is -0.0187 e.